The molecule has 8 nitrogen and oxygen atoms in total. The molecule has 0 spiro atoms. The second-order valence-corrected chi connectivity index (χ2v) is 9.12. The maximum atomic E-state index is 13.5. The molecule has 9 heteroatoms. The molecule has 1 atom stereocenters. The van der Waals surface area contributed by atoms with Crippen LogP contribution < -0.4 is 0 Å². The van der Waals surface area contributed by atoms with Crippen molar-refractivity contribution in [2.45, 2.75) is 45.2 Å². The average molecular weight is 435 g/mol. The van der Waals surface area contributed by atoms with E-state index in [9.17, 15) is 23.3 Å². The third-order valence-electron chi connectivity index (χ3n) is 4.54. The van der Waals surface area contributed by atoms with E-state index in [0.717, 1.165) is 27.6 Å². The second kappa shape index (κ2) is 9.82. The minimum atomic E-state index is -4.15. The summed E-state index contributed by atoms with van der Waals surface area (Å²) in [5, 5.41) is 10.9. The fourth-order valence-electron chi connectivity index (χ4n) is 3.15. The topological polar surface area (TPSA) is 107 Å². The van der Waals surface area contributed by atoms with Crippen LogP contribution >= 0.6 is 0 Å². The molecular weight excluding hydrogens is 408 g/mol. The maximum absolute atomic E-state index is 13.5. The maximum Gasteiger partial charge on any atom is 0.324 e. The molecule has 0 aliphatic rings. The predicted octanol–water partition coefficient (Wildman–Crippen LogP) is 3.68. The lowest BCUT2D eigenvalue weighted by Crippen LogP contribution is -2.48. The number of hydrogen-bond donors (Lipinski definition) is 0. The lowest BCUT2D eigenvalue weighted by Gasteiger charge is -2.32. The third kappa shape index (κ3) is 5.43. The number of non-ortho nitro benzene ring substituents is 1. The van der Waals surface area contributed by atoms with E-state index in [-0.39, 0.29) is 29.7 Å². The molecule has 0 saturated carbocycles. The first-order valence-corrected chi connectivity index (χ1v) is 11.0. The second-order valence-electron chi connectivity index (χ2n) is 7.23. The van der Waals surface area contributed by atoms with Gasteiger partial charge in [-0.05, 0) is 37.5 Å². The standard InChI is InChI=1S/C21H26N2O6S/c1-5-29-21(24)20(15(2)3)22(14-17-8-6-7-16(4)13-17)30(27,28)19-11-9-18(10-12-19)23(25)26/h6-13,15,20H,5,14H2,1-4H3/t20-/m0/s1. The average Bonchev–Trinajstić information content (AvgIpc) is 2.67. The van der Waals surface area contributed by atoms with Crippen molar-refractivity contribution in [2.24, 2.45) is 5.92 Å². The molecule has 2 aromatic rings. The van der Waals surface area contributed by atoms with Crippen LogP contribution in [-0.2, 0) is 26.1 Å². The van der Waals surface area contributed by atoms with Gasteiger partial charge < -0.3 is 4.74 Å². The van der Waals surface area contributed by atoms with E-state index < -0.39 is 27.0 Å². The van der Waals surface area contributed by atoms with E-state index in [4.69, 9.17) is 4.74 Å². The van der Waals surface area contributed by atoms with Gasteiger partial charge in [-0.25, -0.2) is 8.42 Å². The number of nitro groups is 1. The summed E-state index contributed by atoms with van der Waals surface area (Å²) in [6.45, 7) is 7.13. The fourth-order valence-corrected chi connectivity index (χ4v) is 4.85. The quantitative estimate of drug-likeness (QED) is 0.338. The fraction of sp³-hybridized carbons (Fsp3) is 0.381. The van der Waals surface area contributed by atoms with E-state index >= 15 is 0 Å². The molecule has 0 amide bonds. The highest BCUT2D eigenvalue weighted by molar-refractivity contribution is 7.89. The third-order valence-corrected chi connectivity index (χ3v) is 6.39. The Morgan fingerprint density at radius 1 is 1.17 bits per heavy atom. The van der Waals surface area contributed by atoms with E-state index in [1.807, 2.05) is 25.1 Å². The van der Waals surface area contributed by atoms with Gasteiger partial charge in [-0.1, -0.05) is 43.7 Å². The molecular formula is C21H26N2O6S. The highest BCUT2D eigenvalue weighted by atomic mass is 32.2. The van der Waals surface area contributed by atoms with Crippen molar-refractivity contribution in [1.29, 1.82) is 0 Å². The minimum Gasteiger partial charge on any atom is -0.465 e. The number of benzene rings is 2. The smallest absolute Gasteiger partial charge is 0.324 e. The lowest BCUT2D eigenvalue weighted by molar-refractivity contribution is -0.384. The molecule has 0 aliphatic heterocycles. The van der Waals surface area contributed by atoms with Crippen molar-refractivity contribution >= 4 is 21.7 Å². The molecule has 0 saturated heterocycles. The van der Waals surface area contributed by atoms with Crippen molar-refractivity contribution in [2.75, 3.05) is 6.61 Å². The Bertz CT molecular complexity index is 1000. The van der Waals surface area contributed by atoms with Crippen molar-refractivity contribution in [3.05, 3.63) is 69.8 Å². The van der Waals surface area contributed by atoms with Crippen LogP contribution in [-0.4, -0.2) is 36.3 Å². The zero-order valence-electron chi connectivity index (χ0n) is 17.4. The Labute approximate surface area is 176 Å². The Morgan fingerprint density at radius 3 is 2.30 bits per heavy atom. The number of rotatable bonds is 9. The summed E-state index contributed by atoms with van der Waals surface area (Å²) in [7, 11) is -4.15. The summed E-state index contributed by atoms with van der Waals surface area (Å²) in [5.74, 6) is -0.993. The van der Waals surface area contributed by atoms with Crippen LogP contribution in [0.25, 0.3) is 0 Å². The largest absolute Gasteiger partial charge is 0.465 e. The Balaban J connectivity index is 2.57. The molecule has 162 valence electrons. The zero-order chi connectivity index (χ0) is 22.5. The number of aryl methyl sites for hydroxylation is 1. The van der Waals surface area contributed by atoms with Crippen LogP contribution in [0.2, 0.25) is 0 Å². The van der Waals surface area contributed by atoms with Crippen LogP contribution in [0.15, 0.2) is 53.4 Å². The van der Waals surface area contributed by atoms with Crippen molar-refractivity contribution in [3.8, 4) is 0 Å². The van der Waals surface area contributed by atoms with Gasteiger partial charge in [-0.15, -0.1) is 0 Å². The summed E-state index contributed by atoms with van der Waals surface area (Å²) in [4.78, 5) is 22.9. The molecule has 0 aromatic heterocycles. The van der Waals surface area contributed by atoms with Crippen LogP contribution in [0, 0.1) is 23.0 Å². The molecule has 0 bridgehead atoms. The number of esters is 1. The number of hydrogen-bond acceptors (Lipinski definition) is 6. The molecule has 0 aliphatic carbocycles. The Hall–Kier alpha value is -2.78. The number of sulfonamides is 1. The van der Waals surface area contributed by atoms with Crippen LogP contribution in [0.3, 0.4) is 0 Å². The molecule has 0 heterocycles. The number of carbonyl (C=O) groups is 1. The predicted molar refractivity (Wildman–Crippen MR) is 112 cm³/mol. The first-order chi connectivity index (χ1) is 14.1. The molecule has 0 N–H and O–H groups in total. The highest BCUT2D eigenvalue weighted by Crippen LogP contribution is 2.27. The minimum absolute atomic E-state index is 0.0390. The van der Waals surface area contributed by atoms with Gasteiger partial charge in [0.25, 0.3) is 5.69 Å². The number of ether oxygens (including phenoxy) is 1. The summed E-state index contributed by atoms with van der Waals surface area (Å²) in [5.41, 5.74) is 1.46. The Morgan fingerprint density at radius 2 is 1.80 bits per heavy atom. The van der Waals surface area contributed by atoms with Crippen LogP contribution in [0.5, 0.6) is 0 Å². The van der Waals surface area contributed by atoms with Crippen LogP contribution in [0.4, 0.5) is 5.69 Å². The van der Waals surface area contributed by atoms with Crippen molar-refractivity contribution < 1.29 is 22.9 Å². The summed E-state index contributed by atoms with van der Waals surface area (Å²) < 4.78 is 33.3. The van der Waals surface area contributed by atoms with E-state index in [2.05, 4.69) is 0 Å². The van der Waals surface area contributed by atoms with Gasteiger partial charge in [-0.2, -0.15) is 4.31 Å². The molecule has 2 rings (SSSR count). The van der Waals surface area contributed by atoms with Crippen molar-refractivity contribution in [3.63, 3.8) is 0 Å². The highest BCUT2D eigenvalue weighted by Gasteiger charge is 2.39. The lowest BCUT2D eigenvalue weighted by atomic mass is 10.0. The summed E-state index contributed by atoms with van der Waals surface area (Å²) >= 11 is 0. The van der Waals surface area contributed by atoms with Crippen molar-refractivity contribution in [1.82, 2.24) is 4.31 Å². The molecule has 0 radical (unpaired) electrons. The van der Waals surface area contributed by atoms with Gasteiger partial charge in [-0.3, -0.25) is 14.9 Å². The van der Waals surface area contributed by atoms with Crippen LogP contribution in [0.1, 0.15) is 31.9 Å². The summed E-state index contributed by atoms with van der Waals surface area (Å²) in [6, 6.07) is 10.9. The van der Waals surface area contributed by atoms with E-state index in [1.165, 1.54) is 12.1 Å². The van der Waals surface area contributed by atoms with Gasteiger partial charge in [0, 0.05) is 18.7 Å². The number of nitro benzene ring substituents is 1. The molecule has 0 fully saturated rings. The SMILES string of the molecule is CCOC(=O)[C@H](C(C)C)N(Cc1cccc(C)c1)S(=O)(=O)c1ccc([N+](=O)[O-])cc1. The molecule has 0 unspecified atom stereocenters. The Kier molecular flexibility index (Phi) is 7.69. The van der Waals surface area contributed by atoms with Gasteiger partial charge >= 0.3 is 5.97 Å². The van der Waals surface area contributed by atoms with E-state index in [0.29, 0.717) is 0 Å². The number of nitrogens with zero attached hydrogens (tertiary/aromatic N) is 2. The first-order valence-electron chi connectivity index (χ1n) is 9.56. The monoisotopic (exact) mass is 434 g/mol. The van der Waals surface area contributed by atoms with Gasteiger partial charge in [0.15, 0.2) is 0 Å². The molecule has 2 aromatic carbocycles. The van der Waals surface area contributed by atoms with Gasteiger partial charge in [0.2, 0.25) is 10.0 Å². The van der Waals surface area contributed by atoms with Gasteiger partial charge in [0.05, 0.1) is 16.4 Å². The normalized spacial score (nSPS) is 12.7. The number of carbonyl (C=O) groups excluding carboxylic acids is 1. The zero-order valence-corrected chi connectivity index (χ0v) is 18.3. The first kappa shape index (κ1) is 23.5. The summed E-state index contributed by atoms with van der Waals surface area (Å²) in [6.07, 6.45) is 0. The molecule has 30 heavy (non-hydrogen) atoms. The van der Waals surface area contributed by atoms with Gasteiger partial charge in [0.1, 0.15) is 6.04 Å². The van der Waals surface area contributed by atoms with E-state index in [1.54, 1.807) is 26.8 Å².